The van der Waals surface area contributed by atoms with Gasteiger partial charge in [-0.15, -0.1) is 10.2 Å². The largest absolute Gasteiger partial charge is 0.325 e. The maximum Gasteiger partial charge on any atom is 0.234 e. The molecule has 1 N–H and O–H groups in total. The first-order valence-electron chi connectivity index (χ1n) is 8.70. The zero-order chi connectivity index (χ0) is 20.1. The third kappa shape index (κ3) is 4.88. The van der Waals surface area contributed by atoms with Crippen LogP contribution in [0, 0.1) is 0 Å². The van der Waals surface area contributed by atoms with E-state index in [9.17, 15) is 9.59 Å². The molecule has 144 valence electrons. The van der Waals surface area contributed by atoms with E-state index >= 15 is 0 Å². The van der Waals surface area contributed by atoms with Crippen LogP contribution in [0.1, 0.15) is 24.2 Å². The highest BCUT2D eigenvalue weighted by Gasteiger charge is 2.15. The zero-order valence-corrected chi connectivity index (χ0v) is 17.9. The van der Waals surface area contributed by atoms with Crippen LogP contribution in [0.25, 0.3) is 11.4 Å². The van der Waals surface area contributed by atoms with E-state index in [0.29, 0.717) is 23.0 Å². The molecular weight excluding hydrogens is 440 g/mol. The normalized spacial score (nSPS) is 10.7. The highest BCUT2D eigenvalue weighted by Crippen LogP contribution is 2.25. The number of carbonyl (C=O) groups is 2. The molecule has 0 atom stereocenters. The molecule has 1 heterocycles. The van der Waals surface area contributed by atoms with Gasteiger partial charge in [-0.1, -0.05) is 52.0 Å². The van der Waals surface area contributed by atoms with Crippen molar-refractivity contribution in [2.75, 3.05) is 11.1 Å². The second-order valence-electron chi connectivity index (χ2n) is 6.03. The molecule has 0 fully saturated rings. The Labute approximate surface area is 175 Å². The van der Waals surface area contributed by atoms with Gasteiger partial charge < -0.3 is 9.88 Å². The van der Waals surface area contributed by atoms with Crippen LogP contribution in [-0.4, -0.2) is 32.2 Å². The fourth-order valence-electron chi connectivity index (χ4n) is 2.64. The smallest absolute Gasteiger partial charge is 0.234 e. The molecule has 0 unspecified atom stereocenters. The monoisotopic (exact) mass is 458 g/mol. The number of halogens is 1. The predicted molar refractivity (Wildman–Crippen MR) is 115 cm³/mol. The molecule has 0 saturated heterocycles. The summed E-state index contributed by atoms with van der Waals surface area (Å²) in [6.45, 7) is 4.21. The van der Waals surface area contributed by atoms with E-state index in [4.69, 9.17) is 0 Å². The van der Waals surface area contributed by atoms with Crippen LogP contribution >= 0.6 is 27.7 Å². The van der Waals surface area contributed by atoms with Gasteiger partial charge in [0.15, 0.2) is 16.8 Å². The Bertz CT molecular complexity index is 1000. The van der Waals surface area contributed by atoms with Crippen LogP contribution in [-0.2, 0) is 11.3 Å². The molecule has 0 aliphatic heterocycles. The number of nitrogens with one attached hydrogen (secondary N) is 1. The summed E-state index contributed by atoms with van der Waals surface area (Å²) in [4.78, 5) is 23.8. The fourth-order valence-corrected chi connectivity index (χ4v) is 3.70. The number of thioether (sulfide) groups is 1. The molecular formula is C20H19BrN4O2S. The van der Waals surface area contributed by atoms with Crippen LogP contribution in [0.4, 0.5) is 5.69 Å². The molecule has 0 radical (unpaired) electrons. The van der Waals surface area contributed by atoms with Crippen molar-refractivity contribution in [1.82, 2.24) is 14.8 Å². The quantitative estimate of drug-likeness (QED) is 0.411. The van der Waals surface area contributed by atoms with Gasteiger partial charge in [-0.2, -0.15) is 0 Å². The van der Waals surface area contributed by atoms with Gasteiger partial charge in [-0.25, -0.2) is 0 Å². The molecule has 0 aliphatic rings. The van der Waals surface area contributed by atoms with Gasteiger partial charge in [0.25, 0.3) is 0 Å². The van der Waals surface area contributed by atoms with Crippen molar-refractivity contribution in [3.63, 3.8) is 0 Å². The third-order valence-electron chi connectivity index (χ3n) is 4.02. The highest BCUT2D eigenvalue weighted by molar-refractivity contribution is 9.10. The molecule has 1 amide bonds. The molecule has 0 spiro atoms. The van der Waals surface area contributed by atoms with Gasteiger partial charge in [0.2, 0.25) is 5.91 Å². The van der Waals surface area contributed by atoms with E-state index < -0.39 is 0 Å². The Morgan fingerprint density at radius 3 is 2.57 bits per heavy atom. The van der Waals surface area contributed by atoms with Crippen molar-refractivity contribution in [2.24, 2.45) is 0 Å². The van der Waals surface area contributed by atoms with E-state index in [1.807, 2.05) is 35.8 Å². The molecule has 2 aromatic carbocycles. The number of hydrogen-bond donors (Lipinski definition) is 1. The minimum Gasteiger partial charge on any atom is -0.325 e. The minimum absolute atomic E-state index is 0.0398. The van der Waals surface area contributed by atoms with Crippen LogP contribution in [0.3, 0.4) is 0 Å². The Balaban J connectivity index is 1.67. The topological polar surface area (TPSA) is 76.9 Å². The van der Waals surface area contributed by atoms with Gasteiger partial charge in [0.05, 0.1) is 5.75 Å². The van der Waals surface area contributed by atoms with E-state index in [1.54, 1.807) is 24.3 Å². The van der Waals surface area contributed by atoms with E-state index in [-0.39, 0.29) is 17.4 Å². The van der Waals surface area contributed by atoms with Crippen LogP contribution in [0.15, 0.2) is 58.2 Å². The molecule has 0 bridgehead atoms. The maximum atomic E-state index is 12.3. The zero-order valence-electron chi connectivity index (χ0n) is 15.5. The minimum atomic E-state index is -0.165. The number of hydrogen-bond acceptors (Lipinski definition) is 5. The lowest BCUT2D eigenvalue weighted by Gasteiger charge is -2.08. The first kappa shape index (κ1) is 20.3. The van der Waals surface area contributed by atoms with Crippen LogP contribution in [0.5, 0.6) is 0 Å². The van der Waals surface area contributed by atoms with Gasteiger partial charge >= 0.3 is 0 Å². The van der Waals surface area contributed by atoms with Crippen molar-refractivity contribution >= 4 is 45.1 Å². The molecule has 28 heavy (non-hydrogen) atoms. The molecule has 6 nitrogen and oxygen atoms in total. The molecule has 0 aliphatic carbocycles. The van der Waals surface area contributed by atoms with Crippen LogP contribution < -0.4 is 5.32 Å². The summed E-state index contributed by atoms with van der Waals surface area (Å²) in [5, 5.41) is 12.0. The average Bonchev–Trinajstić information content (AvgIpc) is 3.10. The Morgan fingerprint density at radius 1 is 1.14 bits per heavy atom. The molecule has 1 aromatic heterocycles. The first-order valence-corrected chi connectivity index (χ1v) is 10.5. The number of anilines is 1. The van der Waals surface area contributed by atoms with Gasteiger partial charge in [-0.05, 0) is 38.1 Å². The average molecular weight is 459 g/mol. The number of ketones is 1. The lowest BCUT2D eigenvalue weighted by Crippen LogP contribution is -2.15. The molecule has 8 heteroatoms. The lowest BCUT2D eigenvalue weighted by molar-refractivity contribution is -0.113. The second-order valence-corrected chi connectivity index (χ2v) is 7.89. The van der Waals surface area contributed by atoms with Crippen molar-refractivity contribution in [3.8, 4) is 11.4 Å². The van der Waals surface area contributed by atoms with Crippen molar-refractivity contribution < 1.29 is 9.59 Å². The standard InChI is InChI=1S/C20H19BrN4O2S/c1-3-25-19(14-7-9-16(21)10-8-14)23-24-20(25)28-12-18(27)22-17-6-4-5-15(11-17)13(2)26/h4-11H,3,12H2,1-2H3,(H,22,27). The molecule has 0 saturated carbocycles. The first-order chi connectivity index (χ1) is 13.5. The van der Waals surface area contributed by atoms with Gasteiger partial charge in [0.1, 0.15) is 0 Å². The highest BCUT2D eigenvalue weighted by atomic mass is 79.9. The summed E-state index contributed by atoms with van der Waals surface area (Å²) in [6, 6.07) is 14.8. The van der Waals surface area contributed by atoms with Crippen LogP contribution in [0.2, 0.25) is 0 Å². The number of carbonyl (C=O) groups excluding carboxylic acids is 2. The number of benzene rings is 2. The summed E-state index contributed by atoms with van der Waals surface area (Å²) in [7, 11) is 0. The SMILES string of the molecule is CCn1c(SCC(=O)Nc2cccc(C(C)=O)c2)nnc1-c1ccc(Br)cc1. The van der Waals surface area contributed by atoms with Gasteiger partial charge in [0, 0.05) is 27.8 Å². The van der Waals surface area contributed by atoms with Crippen molar-refractivity contribution in [3.05, 3.63) is 58.6 Å². The number of aromatic nitrogens is 3. The lowest BCUT2D eigenvalue weighted by atomic mass is 10.1. The summed E-state index contributed by atoms with van der Waals surface area (Å²) in [5.41, 5.74) is 2.14. The molecule has 3 rings (SSSR count). The predicted octanol–water partition coefficient (Wildman–Crippen LogP) is 4.66. The van der Waals surface area contributed by atoms with E-state index in [1.165, 1.54) is 18.7 Å². The number of Topliss-reactive ketones (excluding diaryl/α,β-unsaturated/α-hetero) is 1. The Morgan fingerprint density at radius 2 is 1.89 bits per heavy atom. The summed E-state index contributed by atoms with van der Waals surface area (Å²) < 4.78 is 2.98. The summed E-state index contributed by atoms with van der Waals surface area (Å²) >= 11 is 4.76. The third-order valence-corrected chi connectivity index (χ3v) is 5.52. The fraction of sp³-hybridized carbons (Fsp3) is 0.200. The van der Waals surface area contributed by atoms with E-state index in [0.717, 1.165) is 15.9 Å². The van der Waals surface area contributed by atoms with Gasteiger partial charge in [-0.3, -0.25) is 9.59 Å². The number of rotatable bonds is 7. The Hall–Kier alpha value is -2.45. The second kappa shape index (κ2) is 9.16. The summed E-state index contributed by atoms with van der Waals surface area (Å²) in [6.07, 6.45) is 0. The maximum absolute atomic E-state index is 12.3. The number of amides is 1. The van der Waals surface area contributed by atoms with E-state index in [2.05, 4.69) is 31.4 Å². The van der Waals surface area contributed by atoms with Crippen molar-refractivity contribution in [2.45, 2.75) is 25.5 Å². The number of nitrogens with zero attached hydrogens (tertiary/aromatic N) is 3. The molecule has 3 aromatic rings. The summed E-state index contributed by atoms with van der Waals surface area (Å²) in [5.74, 6) is 0.763. The Kier molecular flexibility index (Phi) is 6.64. The van der Waals surface area contributed by atoms with Crippen molar-refractivity contribution in [1.29, 1.82) is 0 Å².